The highest BCUT2D eigenvalue weighted by atomic mass is 35.5. The number of nitro benzene ring substituents is 1. The van der Waals surface area contributed by atoms with E-state index in [1.165, 1.54) is 12.1 Å². The first kappa shape index (κ1) is 14.2. The molecule has 0 aliphatic rings. The summed E-state index contributed by atoms with van der Waals surface area (Å²) in [6, 6.07) is 3.53. The van der Waals surface area contributed by atoms with E-state index in [0.717, 1.165) is 6.07 Å². The number of ether oxygens (including phenoxy) is 2. The van der Waals surface area contributed by atoms with Gasteiger partial charge in [0.1, 0.15) is 5.60 Å². The minimum Gasteiger partial charge on any atom is -0.428 e. The molecule has 0 fully saturated rings. The molecule has 0 heterocycles. The fraction of sp³-hybridized carbons (Fsp3) is 0.364. The zero-order valence-corrected chi connectivity index (χ0v) is 10.9. The number of halogens is 1. The fourth-order valence-electron chi connectivity index (χ4n) is 1.05. The Morgan fingerprint density at radius 1 is 1.39 bits per heavy atom. The van der Waals surface area contributed by atoms with Crippen molar-refractivity contribution >= 4 is 23.4 Å². The molecule has 0 atom stereocenters. The summed E-state index contributed by atoms with van der Waals surface area (Å²) in [4.78, 5) is 21.3. The lowest BCUT2D eigenvalue weighted by molar-refractivity contribution is -0.384. The Bertz CT molecular complexity index is 481. The molecular weight excluding hydrogens is 262 g/mol. The number of hydrogen-bond acceptors (Lipinski definition) is 5. The number of benzene rings is 1. The molecule has 0 radical (unpaired) electrons. The van der Waals surface area contributed by atoms with Crippen LogP contribution in [0.5, 0.6) is 5.75 Å². The van der Waals surface area contributed by atoms with Gasteiger partial charge in [-0.2, -0.15) is 0 Å². The molecule has 0 unspecified atom stereocenters. The Morgan fingerprint density at radius 2 is 2.00 bits per heavy atom. The largest absolute Gasteiger partial charge is 0.514 e. The second kappa shape index (κ2) is 5.22. The molecule has 0 spiro atoms. The third-order valence-electron chi connectivity index (χ3n) is 1.71. The molecule has 0 aliphatic carbocycles. The second-order valence-corrected chi connectivity index (χ2v) is 4.85. The third-order valence-corrected chi connectivity index (χ3v) is 2.00. The van der Waals surface area contributed by atoms with Crippen LogP contribution in [-0.2, 0) is 4.74 Å². The molecule has 0 bridgehead atoms. The summed E-state index contributed by atoms with van der Waals surface area (Å²) in [7, 11) is 0. The Hall–Kier alpha value is -1.82. The Morgan fingerprint density at radius 3 is 2.44 bits per heavy atom. The average molecular weight is 274 g/mol. The highest BCUT2D eigenvalue weighted by molar-refractivity contribution is 6.32. The van der Waals surface area contributed by atoms with Crippen molar-refractivity contribution in [2.75, 3.05) is 0 Å². The van der Waals surface area contributed by atoms with Gasteiger partial charge < -0.3 is 9.47 Å². The van der Waals surface area contributed by atoms with E-state index in [1.807, 2.05) is 0 Å². The monoisotopic (exact) mass is 273 g/mol. The molecule has 0 N–H and O–H groups in total. The van der Waals surface area contributed by atoms with Crippen LogP contribution in [-0.4, -0.2) is 16.7 Å². The zero-order valence-electron chi connectivity index (χ0n) is 10.1. The molecule has 0 aliphatic heterocycles. The van der Waals surface area contributed by atoms with Crippen LogP contribution in [0.15, 0.2) is 18.2 Å². The molecule has 18 heavy (non-hydrogen) atoms. The van der Waals surface area contributed by atoms with E-state index in [2.05, 4.69) is 0 Å². The molecule has 0 amide bonds. The number of rotatable bonds is 2. The molecule has 1 rings (SSSR count). The molecule has 0 aromatic heterocycles. The normalized spacial score (nSPS) is 10.9. The van der Waals surface area contributed by atoms with Gasteiger partial charge in [0.2, 0.25) is 0 Å². The van der Waals surface area contributed by atoms with Crippen molar-refractivity contribution in [2.45, 2.75) is 26.4 Å². The van der Waals surface area contributed by atoms with Crippen LogP contribution < -0.4 is 4.74 Å². The average Bonchev–Trinajstić information content (AvgIpc) is 2.17. The van der Waals surface area contributed by atoms with Crippen LogP contribution in [0.1, 0.15) is 20.8 Å². The smallest absolute Gasteiger partial charge is 0.428 e. The van der Waals surface area contributed by atoms with E-state index in [4.69, 9.17) is 21.1 Å². The molecule has 7 heteroatoms. The van der Waals surface area contributed by atoms with Gasteiger partial charge >= 0.3 is 6.16 Å². The molecule has 1 aromatic rings. The number of carbonyl (C=O) groups excluding carboxylic acids is 1. The van der Waals surface area contributed by atoms with Gasteiger partial charge in [-0.3, -0.25) is 10.1 Å². The Kier molecular flexibility index (Phi) is 4.13. The van der Waals surface area contributed by atoms with Gasteiger partial charge in [-0.25, -0.2) is 4.79 Å². The highest BCUT2D eigenvalue weighted by Crippen LogP contribution is 2.29. The van der Waals surface area contributed by atoms with E-state index in [9.17, 15) is 14.9 Å². The molecule has 1 aromatic carbocycles. The SMILES string of the molecule is CC(C)(C)OC(=O)Oc1ccc([N+](=O)[O-])cc1Cl. The standard InChI is InChI=1S/C11H12ClNO5/c1-11(2,3)18-10(14)17-9-5-4-7(13(15)16)6-8(9)12/h4-6H,1-3H3. The lowest BCUT2D eigenvalue weighted by Gasteiger charge is -2.18. The zero-order chi connectivity index (χ0) is 13.9. The summed E-state index contributed by atoms with van der Waals surface area (Å²) >= 11 is 5.75. The van der Waals surface area contributed by atoms with Gasteiger partial charge in [0.25, 0.3) is 5.69 Å². The first-order chi connectivity index (χ1) is 8.19. The first-order valence-corrected chi connectivity index (χ1v) is 5.41. The molecule has 0 saturated heterocycles. The minimum absolute atomic E-state index is 0.0107. The maximum absolute atomic E-state index is 11.4. The van der Waals surface area contributed by atoms with Gasteiger partial charge in [0.15, 0.2) is 5.75 Å². The van der Waals surface area contributed by atoms with Crippen molar-refractivity contribution in [1.82, 2.24) is 0 Å². The molecular formula is C11H12ClNO5. The molecule has 6 nitrogen and oxygen atoms in total. The van der Waals surface area contributed by atoms with E-state index in [0.29, 0.717) is 0 Å². The van der Waals surface area contributed by atoms with Crippen molar-refractivity contribution in [2.24, 2.45) is 0 Å². The van der Waals surface area contributed by atoms with Gasteiger partial charge in [-0.05, 0) is 26.8 Å². The van der Waals surface area contributed by atoms with Gasteiger partial charge in [-0.1, -0.05) is 11.6 Å². The van der Waals surface area contributed by atoms with Crippen LogP contribution >= 0.6 is 11.6 Å². The maximum Gasteiger partial charge on any atom is 0.514 e. The number of carbonyl (C=O) groups is 1. The van der Waals surface area contributed by atoms with Crippen LogP contribution in [0.4, 0.5) is 10.5 Å². The van der Waals surface area contributed by atoms with Gasteiger partial charge in [0.05, 0.1) is 9.95 Å². The van der Waals surface area contributed by atoms with E-state index >= 15 is 0 Å². The summed E-state index contributed by atoms with van der Waals surface area (Å²) in [6.07, 6.45) is -0.918. The molecule has 98 valence electrons. The minimum atomic E-state index is -0.918. The predicted octanol–water partition coefficient (Wildman–Crippen LogP) is 3.56. The molecule has 0 saturated carbocycles. The Balaban J connectivity index is 2.80. The summed E-state index contributed by atoms with van der Waals surface area (Å²) in [5.74, 6) is 0.0107. The van der Waals surface area contributed by atoms with E-state index < -0.39 is 16.7 Å². The van der Waals surface area contributed by atoms with Crippen LogP contribution in [0.3, 0.4) is 0 Å². The predicted molar refractivity (Wildman–Crippen MR) is 65.0 cm³/mol. The summed E-state index contributed by atoms with van der Waals surface area (Å²) in [5, 5.41) is 10.5. The fourth-order valence-corrected chi connectivity index (χ4v) is 1.26. The number of hydrogen-bond donors (Lipinski definition) is 0. The quantitative estimate of drug-likeness (QED) is 0.356. The highest BCUT2D eigenvalue weighted by Gasteiger charge is 2.19. The van der Waals surface area contributed by atoms with Crippen LogP contribution in [0, 0.1) is 10.1 Å². The summed E-state index contributed by atoms with van der Waals surface area (Å²) in [5.41, 5.74) is -0.874. The number of nitrogens with zero attached hydrogens (tertiary/aromatic N) is 1. The Labute approximate surface area is 109 Å². The van der Waals surface area contributed by atoms with Crippen LogP contribution in [0.25, 0.3) is 0 Å². The van der Waals surface area contributed by atoms with Crippen molar-refractivity contribution in [3.8, 4) is 5.75 Å². The first-order valence-electron chi connectivity index (χ1n) is 5.04. The number of non-ortho nitro benzene ring substituents is 1. The maximum atomic E-state index is 11.4. The van der Waals surface area contributed by atoms with Crippen LogP contribution in [0.2, 0.25) is 5.02 Å². The van der Waals surface area contributed by atoms with Crippen molar-refractivity contribution < 1.29 is 19.2 Å². The lowest BCUT2D eigenvalue weighted by atomic mass is 10.2. The lowest BCUT2D eigenvalue weighted by Crippen LogP contribution is -2.26. The second-order valence-electron chi connectivity index (χ2n) is 4.44. The van der Waals surface area contributed by atoms with Crippen molar-refractivity contribution in [3.05, 3.63) is 33.3 Å². The number of nitro groups is 1. The topological polar surface area (TPSA) is 78.7 Å². The van der Waals surface area contributed by atoms with Crippen molar-refractivity contribution in [3.63, 3.8) is 0 Å². The van der Waals surface area contributed by atoms with E-state index in [1.54, 1.807) is 20.8 Å². The van der Waals surface area contributed by atoms with Gasteiger partial charge in [-0.15, -0.1) is 0 Å². The third kappa shape index (κ3) is 4.21. The van der Waals surface area contributed by atoms with E-state index in [-0.39, 0.29) is 16.5 Å². The van der Waals surface area contributed by atoms with Crippen molar-refractivity contribution in [1.29, 1.82) is 0 Å². The summed E-state index contributed by atoms with van der Waals surface area (Å²) in [6.45, 7) is 5.06. The van der Waals surface area contributed by atoms with Gasteiger partial charge in [0, 0.05) is 12.1 Å². The summed E-state index contributed by atoms with van der Waals surface area (Å²) < 4.78 is 9.76.